The molecule has 0 fully saturated rings. The molecule has 27 heavy (non-hydrogen) atoms. The Kier molecular flexibility index (Phi) is 5.54. The molecule has 0 spiro atoms. The summed E-state index contributed by atoms with van der Waals surface area (Å²) in [5.41, 5.74) is 0.767. The number of carbonyl (C=O) groups excluding carboxylic acids is 1. The molecule has 0 aliphatic rings. The van der Waals surface area contributed by atoms with Crippen LogP contribution in [0.5, 0.6) is 10.8 Å². The van der Waals surface area contributed by atoms with Crippen LogP contribution in [0.4, 0.5) is 20.0 Å². The maximum absolute atomic E-state index is 13.5. The number of hydrogen-bond donors (Lipinski definition) is 1. The Morgan fingerprint density at radius 3 is 2.93 bits per heavy atom. The van der Waals surface area contributed by atoms with Crippen LogP contribution in [0.15, 0.2) is 48.7 Å². The van der Waals surface area contributed by atoms with Crippen molar-refractivity contribution < 1.29 is 13.9 Å². The van der Waals surface area contributed by atoms with Gasteiger partial charge in [0.25, 0.3) is 0 Å². The third-order valence-corrected chi connectivity index (χ3v) is 4.44. The van der Waals surface area contributed by atoms with E-state index in [9.17, 15) is 9.18 Å². The van der Waals surface area contributed by atoms with Gasteiger partial charge in [0.2, 0.25) is 5.06 Å². The second kappa shape index (κ2) is 8.03. The molecule has 0 radical (unpaired) electrons. The molecule has 1 aromatic heterocycles. The van der Waals surface area contributed by atoms with Crippen molar-refractivity contribution in [3.05, 3.63) is 65.1 Å². The van der Waals surface area contributed by atoms with Gasteiger partial charge in [-0.25, -0.2) is 14.2 Å². The van der Waals surface area contributed by atoms with E-state index in [1.807, 2.05) is 6.07 Å². The van der Waals surface area contributed by atoms with Crippen LogP contribution in [0.3, 0.4) is 0 Å². The molecule has 0 aliphatic heterocycles. The summed E-state index contributed by atoms with van der Waals surface area (Å²) in [6.45, 7) is 0. The highest BCUT2D eigenvalue weighted by atomic mass is 35.5. The van der Waals surface area contributed by atoms with E-state index in [0.717, 1.165) is 23.5 Å². The van der Waals surface area contributed by atoms with Crippen LogP contribution in [0.2, 0.25) is 5.02 Å². The zero-order valence-corrected chi connectivity index (χ0v) is 15.5. The Labute approximate surface area is 163 Å². The summed E-state index contributed by atoms with van der Waals surface area (Å²) in [4.78, 5) is 17.8. The van der Waals surface area contributed by atoms with Gasteiger partial charge in [0, 0.05) is 23.8 Å². The van der Waals surface area contributed by atoms with Crippen molar-refractivity contribution in [1.29, 1.82) is 5.26 Å². The van der Waals surface area contributed by atoms with Gasteiger partial charge in [-0.05, 0) is 30.3 Å². The number of aromatic nitrogens is 1. The van der Waals surface area contributed by atoms with Crippen molar-refractivity contribution in [3.8, 4) is 16.9 Å². The Balaban J connectivity index is 1.68. The standard InChI is InChI=1S/C18H12ClFN4O2S/c1-24(14-4-2-3-12(19)7-14)18(25)23-17-22-10-16(27-17)26-15-6-11(9-21)5-13(20)8-15/h2-8,10H,1H3,(H,22,23,25). The van der Waals surface area contributed by atoms with E-state index in [4.69, 9.17) is 21.6 Å². The molecule has 0 saturated carbocycles. The van der Waals surface area contributed by atoms with Crippen molar-refractivity contribution in [1.82, 2.24) is 4.98 Å². The summed E-state index contributed by atoms with van der Waals surface area (Å²) >= 11 is 7.00. The number of ether oxygens (including phenoxy) is 1. The van der Waals surface area contributed by atoms with E-state index in [2.05, 4.69) is 10.3 Å². The minimum absolute atomic E-state index is 0.145. The third kappa shape index (κ3) is 4.73. The zero-order valence-electron chi connectivity index (χ0n) is 13.9. The first-order valence-electron chi connectivity index (χ1n) is 7.59. The van der Waals surface area contributed by atoms with Gasteiger partial charge in [0.05, 0.1) is 17.8 Å². The molecule has 2 amide bonds. The Hall–Kier alpha value is -3.15. The van der Waals surface area contributed by atoms with E-state index in [1.54, 1.807) is 31.3 Å². The van der Waals surface area contributed by atoms with Gasteiger partial charge < -0.3 is 4.74 Å². The lowest BCUT2D eigenvalue weighted by atomic mass is 10.2. The largest absolute Gasteiger partial charge is 0.445 e. The average Bonchev–Trinajstić information content (AvgIpc) is 3.07. The number of urea groups is 1. The maximum atomic E-state index is 13.5. The fourth-order valence-corrected chi connectivity index (χ4v) is 3.01. The van der Waals surface area contributed by atoms with E-state index in [0.29, 0.717) is 20.9 Å². The summed E-state index contributed by atoms with van der Waals surface area (Å²) < 4.78 is 19.0. The number of rotatable bonds is 4. The monoisotopic (exact) mass is 402 g/mol. The Morgan fingerprint density at radius 1 is 1.37 bits per heavy atom. The van der Waals surface area contributed by atoms with Crippen LogP contribution in [-0.2, 0) is 0 Å². The predicted molar refractivity (Wildman–Crippen MR) is 102 cm³/mol. The zero-order chi connectivity index (χ0) is 19.4. The molecule has 0 aliphatic carbocycles. The van der Waals surface area contributed by atoms with Gasteiger partial charge in [0.1, 0.15) is 11.6 Å². The predicted octanol–water partition coefficient (Wildman–Crippen LogP) is 5.27. The first kappa shape index (κ1) is 18.6. The van der Waals surface area contributed by atoms with Crippen LogP contribution < -0.4 is 15.0 Å². The molecule has 0 unspecified atom stereocenters. The lowest BCUT2D eigenvalue weighted by Gasteiger charge is -2.17. The van der Waals surface area contributed by atoms with Gasteiger partial charge in [-0.2, -0.15) is 5.26 Å². The highest BCUT2D eigenvalue weighted by Gasteiger charge is 2.14. The van der Waals surface area contributed by atoms with Crippen molar-refractivity contribution in [3.63, 3.8) is 0 Å². The van der Waals surface area contributed by atoms with E-state index in [-0.39, 0.29) is 11.3 Å². The molecule has 6 nitrogen and oxygen atoms in total. The number of carbonyl (C=O) groups is 1. The van der Waals surface area contributed by atoms with Gasteiger partial charge in [-0.3, -0.25) is 10.2 Å². The first-order valence-corrected chi connectivity index (χ1v) is 8.78. The Bertz CT molecular complexity index is 1030. The third-order valence-electron chi connectivity index (χ3n) is 3.42. The molecule has 0 bridgehead atoms. The number of hydrogen-bond acceptors (Lipinski definition) is 5. The van der Waals surface area contributed by atoms with Gasteiger partial charge >= 0.3 is 6.03 Å². The fraction of sp³-hybridized carbons (Fsp3) is 0.0556. The normalized spacial score (nSPS) is 10.1. The van der Waals surface area contributed by atoms with E-state index in [1.165, 1.54) is 17.2 Å². The minimum atomic E-state index is -0.578. The molecule has 136 valence electrons. The molecule has 9 heteroatoms. The molecule has 1 heterocycles. The quantitative estimate of drug-likeness (QED) is 0.645. The number of nitriles is 1. The topological polar surface area (TPSA) is 78.2 Å². The van der Waals surface area contributed by atoms with Crippen LogP contribution in [0.25, 0.3) is 0 Å². The summed E-state index contributed by atoms with van der Waals surface area (Å²) in [6, 6.07) is 12.0. The molecule has 2 aromatic carbocycles. The van der Waals surface area contributed by atoms with Gasteiger partial charge in [-0.1, -0.05) is 29.0 Å². The molecular weight excluding hydrogens is 391 g/mol. The van der Waals surface area contributed by atoms with Crippen LogP contribution in [-0.4, -0.2) is 18.1 Å². The number of thiazole rings is 1. The lowest BCUT2D eigenvalue weighted by molar-refractivity contribution is 0.258. The fourth-order valence-electron chi connectivity index (χ4n) is 2.14. The van der Waals surface area contributed by atoms with E-state index < -0.39 is 11.8 Å². The molecule has 1 N–H and O–H groups in total. The lowest BCUT2D eigenvalue weighted by Crippen LogP contribution is -2.31. The highest BCUT2D eigenvalue weighted by Crippen LogP contribution is 2.31. The second-order valence-electron chi connectivity index (χ2n) is 5.34. The van der Waals surface area contributed by atoms with Gasteiger partial charge in [0.15, 0.2) is 5.13 Å². The number of nitrogens with zero attached hydrogens (tertiary/aromatic N) is 3. The smallest absolute Gasteiger partial charge is 0.327 e. The average molecular weight is 403 g/mol. The van der Waals surface area contributed by atoms with E-state index >= 15 is 0 Å². The molecule has 0 saturated heterocycles. The number of halogens is 2. The van der Waals surface area contributed by atoms with Gasteiger partial charge in [-0.15, -0.1) is 0 Å². The highest BCUT2D eigenvalue weighted by molar-refractivity contribution is 7.17. The SMILES string of the molecule is CN(C(=O)Nc1ncc(Oc2cc(F)cc(C#N)c2)s1)c1cccc(Cl)c1. The molecule has 0 atom stereocenters. The summed E-state index contributed by atoms with van der Waals surface area (Å²) in [6.07, 6.45) is 1.40. The molecule has 3 rings (SSSR count). The molecule has 3 aromatic rings. The first-order chi connectivity index (χ1) is 12.9. The second-order valence-corrected chi connectivity index (χ2v) is 6.77. The number of nitrogens with one attached hydrogen (secondary N) is 1. The summed E-state index contributed by atoms with van der Waals surface area (Å²) in [5, 5.41) is 12.7. The van der Waals surface area contributed by atoms with Crippen LogP contribution in [0, 0.1) is 17.1 Å². The number of benzene rings is 2. The summed E-state index contributed by atoms with van der Waals surface area (Å²) in [5.74, 6) is -0.408. The van der Waals surface area contributed by atoms with Crippen molar-refractivity contribution >= 4 is 39.8 Å². The van der Waals surface area contributed by atoms with Crippen LogP contribution >= 0.6 is 22.9 Å². The summed E-state index contributed by atoms with van der Waals surface area (Å²) in [7, 11) is 1.60. The van der Waals surface area contributed by atoms with Crippen LogP contribution in [0.1, 0.15) is 5.56 Å². The van der Waals surface area contributed by atoms with Crippen molar-refractivity contribution in [2.75, 3.05) is 17.3 Å². The van der Waals surface area contributed by atoms with Crippen molar-refractivity contribution in [2.45, 2.75) is 0 Å². The minimum Gasteiger partial charge on any atom is -0.445 e. The maximum Gasteiger partial charge on any atom is 0.327 e. The van der Waals surface area contributed by atoms with Crippen molar-refractivity contribution in [2.24, 2.45) is 0 Å². The molecular formula is C18H12ClFN4O2S. The number of amides is 2. The number of anilines is 2. The Morgan fingerprint density at radius 2 is 2.19 bits per heavy atom.